The Morgan fingerprint density at radius 3 is 2.33 bits per heavy atom. The topological polar surface area (TPSA) is 24.9 Å². The van der Waals surface area contributed by atoms with Gasteiger partial charge in [-0.15, -0.1) is 0 Å². The standard InChI is InChI=1S/C14H14F2N2/c1-9-4-3-5-13(18-9)14(17-2)10-6-11(15)8-12(16)7-10/h3-8,14,17H,1-2H3. The van der Waals surface area contributed by atoms with Crippen LogP contribution in [-0.2, 0) is 0 Å². The van der Waals surface area contributed by atoms with Gasteiger partial charge in [-0.2, -0.15) is 0 Å². The summed E-state index contributed by atoms with van der Waals surface area (Å²) >= 11 is 0. The number of pyridine rings is 1. The molecule has 1 unspecified atom stereocenters. The molecule has 1 heterocycles. The molecule has 0 bridgehead atoms. The van der Waals surface area contributed by atoms with E-state index in [-0.39, 0.29) is 6.04 Å². The zero-order valence-electron chi connectivity index (χ0n) is 10.2. The number of rotatable bonds is 3. The third-order valence-electron chi connectivity index (χ3n) is 2.71. The van der Waals surface area contributed by atoms with Crippen molar-refractivity contribution in [3.63, 3.8) is 0 Å². The molecule has 18 heavy (non-hydrogen) atoms. The summed E-state index contributed by atoms with van der Waals surface area (Å²) in [6, 6.07) is 8.74. The van der Waals surface area contributed by atoms with Crippen LogP contribution in [0.5, 0.6) is 0 Å². The lowest BCUT2D eigenvalue weighted by molar-refractivity contribution is 0.570. The molecular formula is C14H14F2N2. The van der Waals surface area contributed by atoms with Crippen molar-refractivity contribution >= 4 is 0 Å². The van der Waals surface area contributed by atoms with E-state index in [4.69, 9.17) is 0 Å². The average Bonchev–Trinajstić information content (AvgIpc) is 2.28. The van der Waals surface area contributed by atoms with Crippen LogP contribution >= 0.6 is 0 Å². The molecule has 1 N–H and O–H groups in total. The van der Waals surface area contributed by atoms with Crippen LogP contribution in [0.4, 0.5) is 8.78 Å². The van der Waals surface area contributed by atoms with E-state index in [1.807, 2.05) is 25.1 Å². The Morgan fingerprint density at radius 1 is 1.11 bits per heavy atom. The van der Waals surface area contributed by atoms with Gasteiger partial charge in [-0.25, -0.2) is 8.78 Å². The van der Waals surface area contributed by atoms with Crippen LogP contribution < -0.4 is 5.32 Å². The summed E-state index contributed by atoms with van der Waals surface area (Å²) in [6.45, 7) is 1.88. The van der Waals surface area contributed by atoms with Gasteiger partial charge in [-0.1, -0.05) is 6.07 Å². The van der Waals surface area contributed by atoms with Gasteiger partial charge < -0.3 is 5.32 Å². The van der Waals surface area contributed by atoms with Crippen molar-refractivity contribution in [3.8, 4) is 0 Å². The molecule has 2 aromatic rings. The van der Waals surface area contributed by atoms with Crippen LogP contribution in [-0.4, -0.2) is 12.0 Å². The minimum absolute atomic E-state index is 0.324. The highest BCUT2D eigenvalue weighted by molar-refractivity contribution is 5.29. The number of aryl methyl sites for hydroxylation is 1. The molecule has 94 valence electrons. The van der Waals surface area contributed by atoms with E-state index in [0.717, 1.165) is 17.5 Å². The van der Waals surface area contributed by atoms with Gasteiger partial charge in [0.1, 0.15) is 11.6 Å². The summed E-state index contributed by atoms with van der Waals surface area (Å²) < 4.78 is 26.5. The zero-order chi connectivity index (χ0) is 13.1. The number of halogens is 2. The maximum absolute atomic E-state index is 13.2. The first-order valence-corrected chi connectivity index (χ1v) is 5.67. The number of nitrogens with zero attached hydrogens (tertiary/aromatic N) is 1. The third-order valence-corrected chi connectivity index (χ3v) is 2.71. The Kier molecular flexibility index (Phi) is 3.67. The van der Waals surface area contributed by atoms with E-state index < -0.39 is 11.6 Å². The predicted octanol–water partition coefficient (Wildman–Crippen LogP) is 2.98. The molecule has 1 aromatic heterocycles. The highest BCUT2D eigenvalue weighted by Crippen LogP contribution is 2.22. The Balaban J connectivity index is 2.45. The van der Waals surface area contributed by atoms with Crippen LogP contribution in [0.1, 0.15) is 23.0 Å². The molecule has 0 spiro atoms. The van der Waals surface area contributed by atoms with Crippen molar-refractivity contribution in [3.05, 3.63) is 65.0 Å². The second-order valence-electron chi connectivity index (χ2n) is 4.13. The van der Waals surface area contributed by atoms with Crippen LogP contribution in [0.2, 0.25) is 0 Å². The fourth-order valence-corrected chi connectivity index (χ4v) is 1.95. The summed E-state index contributed by atoms with van der Waals surface area (Å²) in [5.74, 6) is -1.17. The predicted molar refractivity (Wildman–Crippen MR) is 66.2 cm³/mol. The van der Waals surface area contributed by atoms with Crippen LogP contribution in [0.3, 0.4) is 0 Å². The lowest BCUT2D eigenvalue weighted by atomic mass is 10.0. The highest BCUT2D eigenvalue weighted by Gasteiger charge is 2.15. The van der Waals surface area contributed by atoms with Gasteiger partial charge in [-0.05, 0) is 43.8 Å². The van der Waals surface area contributed by atoms with Crippen molar-refractivity contribution in [2.24, 2.45) is 0 Å². The molecule has 0 amide bonds. The van der Waals surface area contributed by atoms with E-state index in [2.05, 4.69) is 10.3 Å². The fourth-order valence-electron chi connectivity index (χ4n) is 1.95. The molecule has 2 rings (SSSR count). The van der Waals surface area contributed by atoms with E-state index in [9.17, 15) is 8.78 Å². The molecule has 0 aliphatic carbocycles. The van der Waals surface area contributed by atoms with E-state index in [0.29, 0.717) is 5.56 Å². The van der Waals surface area contributed by atoms with Gasteiger partial charge in [0, 0.05) is 11.8 Å². The monoisotopic (exact) mass is 248 g/mol. The molecule has 0 saturated heterocycles. The van der Waals surface area contributed by atoms with Crippen LogP contribution in [0.15, 0.2) is 36.4 Å². The van der Waals surface area contributed by atoms with Crippen molar-refractivity contribution in [2.75, 3.05) is 7.05 Å². The van der Waals surface area contributed by atoms with Gasteiger partial charge in [0.05, 0.1) is 11.7 Å². The number of hydrogen-bond acceptors (Lipinski definition) is 2. The molecule has 0 radical (unpaired) electrons. The zero-order valence-corrected chi connectivity index (χ0v) is 10.2. The molecule has 0 fully saturated rings. The maximum atomic E-state index is 13.2. The number of benzene rings is 1. The van der Waals surface area contributed by atoms with Crippen LogP contribution in [0, 0.1) is 18.6 Å². The molecule has 0 saturated carbocycles. The Hall–Kier alpha value is -1.81. The first kappa shape index (κ1) is 12.6. The number of nitrogens with one attached hydrogen (secondary N) is 1. The second kappa shape index (κ2) is 5.23. The minimum atomic E-state index is -0.585. The SMILES string of the molecule is CNC(c1cc(F)cc(F)c1)c1cccc(C)n1. The Labute approximate surface area is 105 Å². The maximum Gasteiger partial charge on any atom is 0.126 e. The van der Waals surface area contributed by atoms with Crippen molar-refractivity contribution in [1.82, 2.24) is 10.3 Å². The summed E-state index contributed by atoms with van der Waals surface area (Å²) in [5, 5.41) is 3.02. The highest BCUT2D eigenvalue weighted by atomic mass is 19.1. The Morgan fingerprint density at radius 2 is 1.78 bits per heavy atom. The molecule has 4 heteroatoms. The summed E-state index contributed by atoms with van der Waals surface area (Å²) in [4.78, 5) is 4.37. The number of hydrogen-bond donors (Lipinski definition) is 1. The molecule has 0 aliphatic heterocycles. The molecular weight excluding hydrogens is 234 g/mol. The molecule has 0 aliphatic rings. The quantitative estimate of drug-likeness (QED) is 0.903. The molecule has 1 atom stereocenters. The average molecular weight is 248 g/mol. The van der Waals surface area contributed by atoms with Crippen LogP contribution in [0.25, 0.3) is 0 Å². The normalized spacial score (nSPS) is 12.4. The number of aromatic nitrogens is 1. The smallest absolute Gasteiger partial charge is 0.126 e. The third kappa shape index (κ3) is 2.71. The van der Waals surface area contributed by atoms with Crippen molar-refractivity contribution in [1.29, 1.82) is 0 Å². The van der Waals surface area contributed by atoms with Gasteiger partial charge in [0.25, 0.3) is 0 Å². The van der Waals surface area contributed by atoms with Gasteiger partial charge in [0.15, 0.2) is 0 Å². The summed E-state index contributed by atoms with van der Waals surface area (Å²) in [6.07, 6.45) is 0. The summed E-state index contributed by atoms with van der Waals surface area (Å²) in [7, 11) is 1.73. The minimum Gasteiger partial charge on any atom is -0.308 e. The van der Waals surface area contributed by atoms with Gasteiger partial charge in [0.2, 0.25) is 0 Å². The first-order chi connectivity index (χ1) is 8.60. The van der Waals surface area contributed by atoms with E-state index in [1.165, 1.54) is 12.1 Å². The molecule has 1 aromatic carbocycles. The largest absolute Gasteiger partial charge is 0.308 e. The molecule has 2 nitrogen and oxygen atoms in total. The fraction of sp³-hybridized carbons (Fsp3) is 0.214. The van der Waals surface area contributed by atoms with Crippen molar-refractivity contribution in [2.45, 2.75) is 13.0 Å². The lowest BCUT2D eigenvalue weighted by Crippen LogP contribution is -2.19. The Bertz CT molecular complexity index is 535. The van der Waals surface area contributed by atoms with E-state index >= 15 is 0 Å². The first-order valence-electron chi connectivity index (χ1n) is 5.67. The van der Waals surface area contributed by atoms with Gasteiger partial charge in [-0.3, -0.25) is 4.98 Å². The van der Waals surface area contributed by atoms with Crippen molar-refractivity contribution < 1.29 is 8.78 Å². The van der Waals surface area contributed by atoms with E-state index in [1.54, 1.807) is 7.05 Å². The summed E-state index contributed by atoms with van der Waals surface area (Å²) in [5.41, 5.74) is 2.13. The second-order valence-corrected chi connectivity index (χ2v) is 4.13. The lowest BCUT2D eigenvalue weighted by Gasteiger charge is -2.16. The van der Waals surface area contributed by atoms with Gasteiger partial charge >= 0.3 is 0 Å².